The monoisotopic (exact) mass is 301 g/mol. The van der Waals surface area contributed by atoms with E-state index in [0.717, 1.165) is 5.56 Å². The molecule has 22 heavy (non-hydrogen) atoms. The second-order valence-corrected chi connectivity index (χ2v) is 4.68. The number of halogens is 1. The van der Waals surface area contributed by atoms with Crippen LogP contribution in [0.15, 0.2) is 41.1 Å². The highest BCUT2D eigenvalue weighted by Gasteiger charge is 2.10. The van der Waals surface area contributed by atoms with Crippen molar-refractivity contribution in [2.45, 2.75) is 13.5 Å². The SMILES string of the molecule is Cc1cc(NC(=O)Cn2cc(-c3ccc(F)cc3)nn2)no1. The zero-order valence-electron chi connectivity index (χ0n) is 11.7. The molecule has 0 aliphatic carbocycles. The van der Waals surface area contributed by atoms with E-state index in [4.69, 9.17) is 4.52 Å². The third-order valence-electron chi connectivity index (χ3n) is 2.88. The molecule has 0 radical (unpaired) electrons. The van der Waals surface area contributed by atoms with Crippen molar-refractivity contribution in [3.8, 4) is 11.3 Å². The topological polar surface area (TPSA) is 85.8 Å². The van der Waals surface area contributed by atoms with Gasteiger partial charge in [0.15, 0.2) is 5.82 Å². The Kier molecular flexibility index (Phi) is 3.65. The molecule has 0 saturated carbocycles. The lowest BCUT2D eigenvalue weighted by Crippen LogP contribution is -2.19. The van der Waals surface area contributed by atoms with E-state index in [-0.39, 0.29) is 18.3 Å². The van der Waals surface area contributed by atoms with Crippen LogP contribution >= 0.6 is 0 Å². The van der Waals surface area contributed by atoms with Crippen molar-refractivity contribution in [2.24, 2.45) is 0 Å². The van der Waals surface area contributed by atoms with Crippen molar-refractivity contribution >= 4 is 11.7 Å². The van der Waals surface area contributed by atoms with Crippen molar-refractivity contribution in [3.05, 3.63) is 48.1 Å². The molecular weight excluding hydrogens is 289 g/mol. The first-order chi connectivity index (χ1) is 10.6. The summed E-state index contributed by atoms with van der Waals surface area (Å²) >= 11 is 0. The van der Waals surface area contributed by atoms with Crippen molar-refractivity contribution in [2.75, 3.05) is 5.32 Å². The Hall–Kier alpha value is -3.03. The summed E-state index contributed by atoms with van der Waals surface area (Å²) in [6.45, 7) is 1.72. The zero-order valence-corrected chi connectivity index (χ0v) is 11.7. The maximum absolute atomic E-state index is 12.9. The number of carbonyl (C=O) groups is 1. The highest BCUT2D eigenvalue weighted by Crippen LogP contribution is 2.16. The Morgan fingerprint density at radius 3 is 2.82 bits per heavy atom. The normalized spacial score (nSPS) is 10.6. The Balaban J connectivity index is 1.66. The molecule has 0 saturated heterocycles. The highest BCUT2D eigenvalue weighted by atomic mass is 19.1. The molecule has 0 bridgehead atoms. The van der Waals surface area contributed by atoms with Crippen LogP contribution in [0, 0.1) is 12.7 Å². The minimum atomic E-state index is -0.321. The van der Waals surface area contributed by atoms with Gasteiger partial charge in [0.05, 0.1) is 6.20 Å². The predicted molar refractivity (Wildman–Crippen MR) is 75.3 cm³/mol. The first kappa shape index (κ1) is 13.9. The van der Waals surface area contributed by atoms with Gasteiger partial charge >= 0.3 is 0 Å². The summed E-state index contributed by atoms with van der Waals surface area (Å²) < 4.78 is 19.1. The molecule has 0 aliphatic heterocycles. The first-order valence-electron chi connectivity index (χ1n) is 6.49. The molecule has 0 atom stereocenters. The van der Waals surface area contributed by atoms with Gasteiger partial charge in [0.25, 0.3) is 0 Å². The molecule has 1 amide bonds. The summed E-state index contributed by atoms with van der Waals surface area (Å²) in [7, 11) is 0. The fourth-order valence-corrected chi connectivity index (χ4v) is 1.88. The van der Waals surface area contributed by atoms with Crippen LogP contribution in [0.2, 0.25) is 0 Å². The first-order valence-corrected chi connectivity index (χ1v) is 6.49. The number of hydrogen-bond donors (Lipinski definition) is 1. The number of aromatic nitrogens is 4. The van der Waals surface area contributed by atoms with Gasteiger partial charge in [-0.2, -0.15) is 0 Å². The number of aryl methyl sites for hydroxylation is 1. The molecule has 0 fully saturated rings. The lowest BCUT2D eigenvalue weighted by molar-refractivity contribution is -0.117. The molecule has 7 nitrogen and oxygen atoms in total. The van der Waals surface area contributed by atoms with Gasteiger partial charge in [-0.3, -0.25) is 4.79 Å². The molecule has 1 aromatic carbocycles. The summed E-state index contributed by atoms with van der Waals surface area (Å²) in [6.07, 6.45) is 1.61. The number of nitrogens with one attached hydrogen (secondary N) is 1. The number of amides is 1. The van der Waals surface area contributed by atoms with Gasteiger partial charge in [-0.15, -0.1) is 5.10 Å². The molecule has 0 aliphatic rings. The third kappa shape index (κ3) is 3.17. The van der Waals surface area contributed by atoms with Gasteiger partial charge in [-0.1, -0.05) is 10.4 Å². The molecule has 3 aromatic rings. The van der Waals surface area contributed by atoms with Gasteiger partial charge in [-0.05, 0) is 31.2 Å². The quantitative estimate of drug-likeness (QED) is 0.796. The summed E-state index contributed by atoms with van der Waals surface area (Å²) in [5.41, 5.74) is 1.28. The summed E-state index contributed by atoms with van der Waals surface area (Å²) in [6, 6.07) is 7.50. The minimum Gasteiger partial charge on any atom is -0.360 e. The minimum absolute atomic E-state index is 0.0138. The molecule has 0 spiro atoms. The van der Waals surface area contributed by atoms with Crippen molar-refractivity contribution in [3.63, 3.8) is 0 Å². The van der Waals surface area contributed by atoms with Crippen molar-refractivity contribution in [1.29, 1.82) is 0 Å². The van der Waals surface area contributed by atoms with E-state index in [1.54, 1.807) is 31.3 Å². The van der Waals surface area contributed by atoms with Crippen LogP contribution in [0.4, 0.5) is 10.2 Å². The number of anilines is 1. The molecular formula is C14H12FN5O2. The number of carbonyl (C=O) groups excluding carboxylic acids is 1. The van der Waals surface area contributed by atoms with Crippen LogP contribution < -0.4 is 5.32 Å². The van der Waals surface area contributed by atoms with Gasteiger partial charge in [0.1, 0.15) is 23.8 Å². The van der Waals surface area contributed by atoms with Gasteiger partial charge in [0, 0.05) is 11.6 Å². The van der Waals surface area contributed by atoms with E-state index in [1.807, 2.05) is 0 Å². The van der Waals surface area contributed by atoms with E-state index in [9.17, 15) is 9.18 Å². The second kappa shape index (κ2) is 5.76. The van der Waals surface area contributed by atoms with Crippen LogP contribution in [0.25, 0.3) is 11.3 Å². The van der Waals surface area contributed by atoms with Crippen LogP contribution in [-0.4, -0.2) is 26.1 Å². The fourth-order valence-electron chi connectivity index (χ4n) is 1.88. The molecule has 2 aromatic heterocycles. The Labute approximate surface area is 124 Å². The molecule has 112 valence electrons. The number of hydrogen-bond acceptors (Lipinski definition) is 5. The lowest BCUT2D eigenvalue weighted by Gasteiger charge is -2.00. The molecule has 0 unspecified atom stereocenters. The van der Waals surface area contributed by atoms with Crippen LogP contribution in [0.5, 0.6) is 0 Å². The second-order valence-electron chi connectivity index (χ2n) is 4.68. The molecule has 3 rings (SSSR count). The van der Waals surface area contributed by atoms with Gasteiger partial charge < -0.3 is 9.84 Å². The molecule has 8 heteroatoms. The van der Waals surface area contributed by atoms with Crippen LogP contribution in [0.3, 0.4) is 0 Å². The zero-order chi connectivity index (χ0) is 15.5. The predicted octanol–water partition coefficient (Wildman–Crippen LogP) is 2.02. The summed E-state index contributed by atoms with van der Waals surface area (Å²) in [5.74, 6) is 0.332. The maximum Gasteiger partial charge on any atom is 0.247 e. The van der Waals surface area contributed by atoms with E-state index in [1.165, 1.54) is 16.8 Å². The largest absolute Gasteiger partial charge is 0.360 e. The van der Waals surface area contributed by atoms with Crippen molar-refractivity contribution < 1.29 is 13.7 Å². The molecule has 1 N–H and O–H groups in total. The van der Waals surface area contributed by atoms with Crippen LogP contribution in [-0.2, 0) is 11.3 Å². The van der Waals surface area contributed by atoms with E-state index < -0.39 is 0 Å². The van der Waals surface area contributed by atoms with E-state index in [2.05, 4.69) is 20.8 Å². The molecule has 2 heterocycles. The Bertz CT molecular complexity index is 794. The maximum atomic E-state index is 12.9. The van der Waals surface area contributed by atoms with Gasteiger partial charge in [0.2, 0.25) is 5.91 Å². The van der Waals surface area contributed by atoms with Crippen LogP contribution in [0.1, 0.15) is 5.76 Å². The van der Waals surface area contributed by atoms with Gasteiger partial charge in [-0.25, -0.2) is 9.07 Å². The summed E-state index contributed by atoms with van der Waals surface area (Å²) in [4.78, 5) is 11.9. The standard InChI is InChI=1S/C14H12FN5O2/c1-9-6-13(18-22-9)16-14(21)8-20-7-12(17-19-20)10-2-4-11(15)5-3-10/h2-7H,8H2,1H3,(H,16,18,21). The number of benzene rings is 1. The average Bonchev–Trinajstić information content (AvgIpc) is 3.09. The summed E-state index contributed by atoms with van der Waals surface area (Å²) in [5, 5.41) is 14.1. The average molecular weight is 301 g/mol. The highest BCUT2D eigenvalue weighted by molar-refractivity contribution is 5.89. The fraction of sp³-hybridized carbons (Fsp3) is 0.143. The van der Waals surface area contributed by atoms with E-state index >= 15 is 0 Å². The number of rotatable bonds is 4. The number of nitrogens with zero attached hydrogens (tertiary/aromatic N) is 4. The third-order valence-corrected chi connectivity index (χ3v) is 2.88. The Morgan fingerprint density at radius 1 is 1.36 bits per heavy atom. The lowest BCUT2D eigenvalue weighted by atomic mass is 10.2. The smallest absolute Gasteiger partial charge is 0.247 e. The van der Waals surface area contributed by atoms with E-state index in [0.29, 0.717) is 17.3 Å². The van der Waals surface area contributed by atoms with Crippen molar-refractivity contribution in [1.82, 2.24) is 20.2 Å². The Morgan fingerprint density at radius 2 is 2.14 bits per heavy atom.